The molecule has 0 unspecified atom stereocenters. The lowest BCUT2D eigenvalue weighted by molar-refractivity contribution is 0.483. The van der Waals surface area contributed by atoms with E-state index in [1.54, 1.807) is 0 Å². The van der Waals surface area contributed by atoms with Crippen molar-refractivity contribution in [2.75, 3.05) is 0 Å². The number of ether oxygens (including phenoxy) is 1. The zero-order valence-electron chi connectivity index (χ0n) is 17.0. The van der Waals surface area contributed by atoms with E-state index >= 15 is 0 Å². The van der Waals surface area contributed by atoms with Crippen molar-refractivity contribution in [3.8, 4) is 34.4 Å². The van der Waals surface area contributed by atoms with Crippen molar-refractivity contribution in [3.63, 3.8) is 0 Å². The van der Waals surface area contributed by atoms with Gasteiger partial charge in [0.1, 0.15) is 22.5 Å². The molecule has 6 rings (SSSR count). The first-order valence-corrected chi connectivity index (χ1v) is 10.9. The van der Waals surface area contributed by atoms with Crippen LogP contribution >= 0.6 is 23.2 Å². The second-order valence-electron chi connectivity index (χ2n) is 7.42. The van der Waals surface area contributed by atoms with Gasteiger partial charge >= 0.3 is 0 Å². The Labute approximate surface area is 198 Å². The third-order valence-electron chi connectivity index (χ3n) is 5.10. The molecule has 2 heterocycles. The van der Waals surface area contributed by atoms with Crippen molar-refractivity contribution in [3.05, 3.63) is 95.0 Å². The molecule has 7 heteroatoms. The third-order valence-corrected chi connectivity index (χ3v) is 5.57. The lowest BCUT2D eigenvalue weighted by Crippen LogP contribution is -1.84. The SMILES string of the molecule is Clc1cccc(-c2nc3cc(Oc4ccc5oc(-c6cccc(Cl)c6)nc5c4)ccc3o2)c1. The predicted molar refractivity (Wildman–Crippen MR) is 129 cm³/mol. The molecule has 33 heavy (non-hydrogen) atoms. The second-order valence-corrected chi connectivity index (χ2v) is 8.29. The van der Waals surface area contributed by atoms with E-state index in [2.05, 4.69) is 9.97 Å². The number of aromatic nitrogens is 2. The van der Waals surface area contributed by atoms with E-state index in [1.807, 2.05) is 84.9 Å². The molecule has 0 saturated carbocycles. The number of benzene rings is 4. The second kappa shape index (κ2) is 7.96. The van der Waals surface area contributed by atoms with E-state index in [0.717, 1.165) is 11.1 Å². The summed E-state index contributed by atoms with van der Waals surface area (Å²) in [5.74, 6) is 2.27. The van der Waals surface area contributed by atoms with Crippen LogP contribution < -0.4 is 4.74 Å². The Kier molecular flexibility index (Phi) is 4.79. The summed E-state index contributed by atoms with van der Waals surface area (Å²) in [6, 6.07) is 25.8. The number of nitrogens with zero attached hydrogens (tertiary/aromatic N) is 2. The highest BCUT2D eigenvalue weighted by molar-refractivity contribution is 6.31. The standard InChI is InChI=1S/C26H14Cl2N2O3/c27-17-5-1-3-15(11-17)25-29-21-13-19(7-9-23(21)32-25)31-20-8-10-24-22(14-20)30-26(33-24)16-4-2-6-18(28)12-16/h1-14H. The van der Waals surface area contributed by atoms with E-state index in [-0.39, 0.29) is 0 Å². The first kappa shape index (κ1) is 19.9. The Balaban J connectivity index is 1.29. The van der Waals surface area contributed by atoms with Crippen LogP contribution in [0.15, 0.2) is 93.8 Å². The molecule has 0 saturated heterocycles. The van der Waals surface area contributed by atoms with Gasteiger partial charge in [0, 0.05) is 33.3 Å². The van der Waals surface area contributed by atoms with Crippen LogP contribution in [-0.4, -0.2) is 9.97 Å². The molecule has 0 aliphatic carbocycles. The number of fused-ring (bicyclic) bond motifs is 2. The van der Waals surface area contributed by atoms with Crippen molar-refractivity contribution in [1.29, 1.82) is 0 Å². The van der Waals surface area contributed by atoms with Gasteiger partial charge in [0.25, 0.3) is 0 Å². The molecule has 0 aliphatic heterocycles. The molecule has 0 N–H and O–H groups in total. The van der Waals surface area contributed by atoms with Crippen LogP contribution in [0.4, 0.5) is 0 Å². The average molecular weight is 473 g/mol. The summed E-state index contributed by atoms with van der Waals surface area (Å²) in [7, 11) is 0. The van der Waals surface area contributed by atoms with Crippen LogP contribution in [-0.2, 0) is 0 Å². The molecular formula is C26H14Cl2N2O3. The molecule has 6 aromatic rings. The third kappa shape index (κ3) is 3.93. The number of rotatable bonds is 4. The van der Waals surface area contributed by atoms with Crippen LogP contribution in [0.5, 0.6) is 11.5 Å². The Bertz CT molecular complexity index is 1520. The van der Waals surface area contributed by atoms with E-state index in [4.69, 9.17) is 36.8 Å². The molecule has 0 radical (unpaired) electrons. The summed E-state index contributed by atoms with van der Waals surface area (Å²) >= 11 is 12.2. The normalized spacial score (nSPS) is 11.3. The summed E-state index contributed by atoms with van der Waals surface area (Å²) in [6.07, 6.45) is 0. The van der Waals surface area contributed by atoms with E-state index in [0.29, 0.717) is 55.5 Å². The largest absolute Gasteiger partial charge is 0.457 e. The average Bonchev–Trinajstić information content (AvgIpc) is 3.43. The molecule has 0 spiro atoms. The van der Waals surface area contributed by atoms with Crippen molar-refractivity contribution < 1.29 is 13.6 Å². The van der Waals surface area contributed by atoms with Gasteiger partial charge in [0.15, 0.2) is 11.2 Å². The Morgan fingerprint density at radius 2 is 1.06 bits per heavy atom. The van der Waals surface area contributed by atoms with Gasteiger partial charge in [0.2, 0.25) is 11.8 Å². The summed E-state index contributed by atoms with van der Waals surface area (Å²) in [5, 5.41) is 1.25. The molecule has 0 fully saturated rings. The fraction of sp³-hybridized carbons (Fsp3) is 0. The van der Waals surface area contributed by atoms with Gasteiger partial charge in [-0.05, 0) is 60.7 Å². The highest BCUT2D eigenvalue weighted by atomic mass is 35.5. The molecule has 5 nitrogen and oxygen atoms in total. The number of hydrogen-bond acceptors (Lipinski definition) is 5. The van der Waals surface area contributed by atoms with Gasteiger partial charge in [-0.1, -0.05) is 35.3 Å². The van der Waals surface area contributed by atoms with Crippen LogP contribution in [0, 0.1) is 0 Å². The van der Waals surface area contributed by atoms with Gasteiger partial charge in [-0.3, -0.25) is 0 Å². The zero-order valence-corrected chi connectivity index (χ0v) is 18.5. The summed E-state index contributed by atoms with van der Waals surface area (Å²) in [6.45, 7) is 0. The Hall–Kier alpha value is -3.80. The minimum absolute atomic E-state index is 0.502. The molecule has 2 aromatic heterocycles. The van der Waals surface area contributed by atoms with Crippen LogP contribution in [0.1, 0.15) is 0 Å². The van der Waals surface area contributed by atoms with E-state index < -0.39 is 0 Å². The zero-order chi connectivity index (χ0) is 22.4. The first-order valence-electron chi connectivity index (χ1n) is 10.1. The summed E-state index contributed by atoms with van der Waals surface area (Å²) < 4.78 is 17.8. The highest BCUT2D eigenvalue weighted by Crippen LogP contribution is 2.32. The molecule has 4 aromatic carbocycles. The maximum Gasteiger partial charge on any atom is 0.227 e. The number of oxazole rings is 2. The van der Waals surface area contributed by atoms with Gasteiger partial charge < -0.3 is 13.6 Å². The van der Waals surface area contributed by atoms with Gasteiger partial charge in [0.05, 0.1) is 0 Å². The monoisotopic (exact) mass is 472 g/mol. The molecule has 0 bridgehead atoms. The van der Waals surface area contributed by atoms with Crippen molar-refractivity contribution in [2.45, 2.75) is 0 Å². The minimum atomic E-state index is 0.502. The first-order chi connectivity index (χ1) is 16.1. The number of halogens is 2. The summed E-state index contributed by atoms with van der Waals surface area (Å²) in [5.41, 5.74) is 4.33. The fourth-order valence-corrected chi connectivity index (χ4v) is 3.95. The van der Waals surface area contributed by atoms with Crippen molar-refractivity contribution in [2.24, 2.45) is 0 Å². The smallest absolute Gasteiger partial charge is 0.227 e. The topological polar surface area (TPSA) is 61.3 Å². The minimum Gasteiger partial charge on any atom is -0.457 e. The van der Waals surface area contributed by atoms with Crippen molar-refractivity contribution >= 4 is 45.4 Å². The quantitative estimate of drug-likeness (QED) is 0.257. The lowest BCUT2D eigenvalue weighted by Gasteiger charge is -2.04. The summed E-state index contributed by atoms with van der Waals surface area (Å²) in [4.78, 5) is 9.15. The highest BCUT2D eigenvalue weighted by Gasteiger charge is 2.12. The lowest BCUT2D eigenvalue weighted by atomic mass is 10.2. The van der Waals surface area contributed by atoms with Crippen LogP contribution in [0.2, 0.25) is 10.0 Å². The Morgan fingerprint density at radius 1 is 0.576 bits per heavy atom. The molecule has 160 valence electrons. The Morgan fingerprint density at radius 3 is 1.52 bits per heavy atom. The molecule has 0 aliphatic rings. The molecule has 0 atom stereocenters. The van der Waals surface area contributed by atoms with Gasteiger partial charge in [-0.15, -0.1) is 0 Å². The van der Waals surface area contributed by atoms with E-state index in [1.165, 1.54) is 0 Å². The van der Waals surface area contributed by atoms with E-state index in [9.17, 15) is 0 Å². The molecule has 0 amide bonds. The van der Waals surface area contributed by atoms with Crippen molar-refractivity contribution in [1.82, 2.24) is 9.97 Å². The maximum absolute atomic E-state index is 6.09. The van der Waals surface area contributed by atoms with Crippen LogP contribution in [0.25, 0.3) is 45.1 Å². The van der Waals surface area contributed by atoms with Crippen LogP contribution in [0.3, 0.4) is 0 Å². The van der Waals surface area contributed by atoms with Gasteiger partial charge in [-0.25, -0.2) is 9.97 Å². The fourth-order valence-electron chi connectivity index (χ4n) is 3.57. The number of hydrogen-bond donors (Lipinski definition) is 0. The van der Waals surface area contributed by atoms with Gasteiger partial charge in [-0.2, -0.15) is 0 Å². The molecular weight excluding hydrogens is 459 g/mol. The predicted octanol–water partition coefficient (Wildman–Crippen LogP) is 8.40. The maximum atomic E-state index is 6.09.